The molecule has 0 aliphatic carbocycles. The van der Waals surface area contributed by atoms with Crippen LogP contribution in [0.3, 0.4) is 0 Å². The highest BCUT2D eigenvalue weighted by Gasteiger charge is 2.15. The van der Waals surface area contributed by atoms with Crippen molar-refractivity contribution < 1.29 is 9.72 Å². The first-order valence-electron chi connectivity index (χ1n) is 4.28. The van der Waals surface area contributed by atoms with Crippen molar-refractivity contribution >= 4 is 39.1 Å². The molecule has 0 fully saturated rings. The molecule has 1 unspecified atom stereocenters. The Labute approximate surface area is 105 Å². The zero-order valence-electron chi connectivity index (χ0n) is 8.02. The molecule has 1 aromatic carbocycles. The topological polar surface area (TPSA) is 86.2 Å². The number of hydrogen-bond donors (Lipinski definition) is 1. The average molecular weight is 308 g/mol. The number of hydrogen-bond acceptors (Lipinski definition) is 3. The Morgan fingerprint density at radius 3 is 2.69 bits per heavy atom. The second-order valence-corrected chi connectivity index (χ2v) is 4.49. The number of nitrogens with zero attached hydrogens (tertiary/aromatic N) is 1. The molecule has 0 bridgehead atoms. The van der Waals surface area contributed by atoms with E-state index in [0.29, 0.717) is 10.0 Å². The summed E-state index contributed by atoms with van der Waals surface area (Å²) in [4.78, 5) is 20.7. The molecule has 86 valence electrons. The van der Waals surface area contributed by atoms with Crippen LogP contribution in [0, 0.1) is 10.1 Å². The van der Waals surface area contributed by atoms with Crippen molar-refractivity contribution in [1.82, 2.24) is 0 Å². The number of amides is 1. The van der Waals surface area contributed by atoms with Gasteiger partial charge in [0.05, 0.1) is 4.92 Å². The number of nitro groups is 1. The summed E-state index contributed by atoms with van der Waals surface area (Å²) in [6.45, 7) is 0. The number of carbonyl (C=O) groups is 1. The molecule has 0 aliphatic heterocycles. The van der Waals surface area contributed by atoms with Crippen molar-refractivity contribution in [3.8, 4) is 0 Å². The van der Waals surface area contributed by atoms with Crippen molar-refractivity contribution in [3.63, 3.8) is 0 Å². The van der Waals surface area contributed by atoms with Crippen LogP contribution >= 0.6 is 27.5 Å². The Kier molecular flexibility index (Phi) is 4.26. The molecule has 0 aromatic heterocycles. The van der Waals surface area contributed by atoms with E-state index in [4.69, 9.17) is 17.3 Å². The minimum Gasteiger partial charge on any atom is -0.368 e. The Balaban J connectivity index is 2.91. The zero-order chi connectivity index (χ0) is 12.3. The molecule has 1 rings (SSSR count). The first-order chi connectivity index (χ1) is 7.41. The van der Waals surface area contributed by atoms with Gasteiger partial charge in [-0.05, 0) is 12.0 Å². The largest absolute Gasteiger partial charge is 0.368 e. The minimum atomic E-state index is -0.822. The SMILES string of the molecule is NC(=O)C(Cl)Cc1ccc([N+](=O)[O-])cc1Br. The van der Waals surface area contributed by atoms with Gasteiger partial charge in [0.2, 0.25) is 5.91 Å². The van der Waals surface area contributed by atoms with Gasteiger partial charge in [-0.1, -0.05) is 22.0 Å². The molecular weight excluding hydrogens is 299 g/mol. The predicted molar refractivity (Wildman–Crippen MR) is 63.3 cm³/mol. The second-order valence-electron chi connectivity index (χ2n) is 3.11. The molecule has 0 spiro atoms. The van der Waals surface area contributed by atoms with Gasteiger partial charge in [0, 0.05) is 16.6 Å². The molecule has 0 saturated carbocycles. The highest BCUT2D eigenvalue weighted by molar-refractivity contribution is 9.10. The van der Waals surface area contributed by atoms with Crippen molar-refractivity contribution in [1.29, 1.82) is 0 Å². The quantitative estimate of drug-likeness (QED) is 0.524. The van der Waals surface area contributed by atoms with Crippen LogP contribution < -0.4 is 5.73 Å². The smallest absolute Gasteiger partial charge is 0.270 e. The van der Waals surface area contributed by atoms with Crippen LogP contribution in [-0.4, -0.2) is 16.2 Å². The third kappa shape index (κ3) is 3.18. The van der Waals surface area contributed by atoms with Gasteiger partial charge in [0.25, 0.3) is 5.69 Å². The lowest BCUT2D eigenvalue weighted by molar-refractivity contribution is -0.384. The van der Waals surface area contributed by atoms with E-state index in [9.17, 15) is 14.9 Å². The summed E-state index contributed by atoms with van der Waals surface area (Å²) in [6, 6.07) is 4.26. The molecule has 2 N–H and O–H groups in total. The monoisotopic (exact) mass is 306 g/mol. The first-order valence-corrected chi connectivity index (χ1v) is 5.51. The second kappa shape index (κ2) is 5.27. The van der Waals surface area contributed by atoms with Crippen LogP contribution in [-0.2, 0) is 11.2 Å². The molecule has 7 heteroatoms. The number of benzene rings is 1. The number of non-ortho nitro benzene ring substituents is 1. The fourth-order valence-corrected chi connectivity index (χ4v) is 1.80. The predicted octanol–water partition coefficient (Wildman–Crippen LogP) is 1.99. The number of nitrogens with two attached hydrogens (primary N) is 1. The van der Waals surface area contributed by atoms with Crippen LogP contribution in [0.1, 0.15) is 5.56 Å². The summed E-state index contributed by atoms with van der Waals surface area (Å²) >= 11 is 8.87. The normalized spacial score (nSPS) is 12.1. The standard InChI is InChI=1S/C9H8BrClN2O3/c10-7-4-6(13(15)16)2-1-5(7)3-8(11)9(12)14/h1-2,4,8H,3H2,(H2,12,14). The highest BCUT2D eigenvalue weighted by Crippen LogP contribution is 2.24. The van der Waals surface area contributed by atoms with Gasteiger partial charge < -0.3 is 5.73 Å². The lowest BCUT2D eigenvalue weighted by Crippen LogP contribution is -2.25. The van der Waals surface area contributed by atoms with E-state index in [-0.39, 0.29) is 12.1 Å². The summed E-state index contributed by atoms with van der Waals surface area (Å²) in [7, 11) is 0. The third-order valence-electron chi connectivity index (χ3n) is 1.96. The van der Waals surface area contributed by atoms with Crippen molar-refractivity contribution in [2.24, 2.45) is 5.73 Å². The number of alkyl halides is 1. The molecule has 5 nitrogen and oxygen atoms in total. The van der Waals surface area contributed by atoms with Gasteiger partial charge in [0.1, 0.15) is 5.38 Å². The Morgan fingerprint density at radius 2 is 2.25 bits per heavy atom. The van der Waals surface area contributed by atoms with E-state index in [1.54, 1.807) is 6.07 Å². The molecule has 16 heavy (non-hydrogen) atoms. The Bertz CT molecular complexity index is 439. The van der Waals surface area contributed by atoms with Gasteiger partial charge in [-0.2, -0.15) is 0 Å². The summed E-state index contributed by atoms with van der Waals surface area (Å²) in [5, 5.41) is 9.66. The third-order valence-corrected chi connectivity index (χ3v) is 3.06. The number of halogens is 2. The molecule has 0 radical (unpaired) electrons. The summed E-state index contributed by atoms with van der Waals surface area (Å²) in [6.07, 6.45) is 0.232. The maximum Gasteiger partial charge on any atom is 0.270 e. The molecule has 1 aromatic rings. The van der Waals surface area contributed by atoms with E-state index in [1.165, 1.54) is 12.1 Å². The zero-order valence-corrected chi connectivity index (χ0v) is 10.4. The van der Waals surface area contributed by atoms with E-state index < -0.39 is 16.2 Å². The van der Waals surface area contributed by atoms with Gasteiger partial charge >= 0.3 is 0 Å². The molecule has 0 aliphatic rings. The van der Waals surface area contributed by atoms with Crippen LogP contribution in [0.2, 0.25) is 0 Å². The van der Waals surface area contributed by atoms with Gasteiger partial charge in [0.15, 0.2) is 0 Å². The van der Waals surface area contributed by atoms with E-state index in [1.807, 2.05) is 0 Å². The van der Waals surface area contributed by atoms with Gasteiger partial charge in [-0.25, -0.2) is 0 Å². The molecule has 0 saturated heterocycles. The number of nitro benzene ring substituents is 1. The number of carbonyl (C=O) groups excluding carboxylic acids is 1. The Morgan fingerprint density at radius 1 is 1.62 bits per heavy atom. The maximum atomic E-state index is 10.8. The lowest BCUT2D eigenvalue weighted by Gasteiger charge is -2.07. The summed E-state index contributed by atoms with van der Waals surface area (Å²) in [5.41, 5.74) is 5.69. The van der Waals surface area contributed by atoms with Crippen molar-refractivity contribution in [3.05, 3.63) is 38.3 Å². The molecule has 0 heterocycles. The maximum absolute atomic E-state index is 10.8. The summed E-state index contributed by atoms with van der Waals surface area (Å²) in [5.74, 6) is -0.619. The average Bonchev–Trinajstić information content (AvgIpc) is 2.20. The fourth-order valence-electron chi connectivity index (χ4n) is 1.11. The van der Waals surface area contributed by atoms with Crippen LogP contribution in [0.4, 0.5) is 5.69 Å². The summed E-state index contributed by atoms with van der Waals surface area (Å²) < 4.78 is 0.536. The van der Waals surface area contributed by atoms with Crippen LogP contribution in [0.25, 0.3) is 0 Å². The number of primary amides is 1. The van der Waals surface area contributed by atoms with Gasteiger partial charge in [-0.15, -0.1) is 11.6 Å². The van der Waals surface area contributed by atoms with E-state index in [0.717, 1.165) is 0 Å². The van der Waals surface area contributed by atoms with Crippen LogP contribution in [0.15, 0.2) is 22.7 Å². The van der Waals surface area contributed by atoms with Crippen molar-refractivity contribution in [2.45, 2.75) is 11.8 Å². The fraction of sp³-hybridized carbons (Fsp3) is 0.222. The molecule has 1 atom stereocenters. The molecular formula is C9H8BrClN2O3. The highest BCUT2D eigenvalue weighted by atomic mass is 79.9. The van der Waals surface area contributed by atoms with Crippen LogP contribution in [0.5, 0.6) is 0 Å². The first kappa shape index (κ1) is 12.9. The molecule has 1 amide bonds. The van der Waals surface area contributed by atoms with E-state index in [2.05, 4.69) is 15.9 Å². The van der Waals surface area contributed by atoms with E-state index >= 15 is 0 Å². The number of rotatable bonds is 4. The van der Waals surface area contributed by atoms with Crippen molar-refractivity contribution in [2.75, 3.05) is 0 Å². The Hall–Kier alpha value is -1.14. The lowest BCUT2D eigenvalue weighted by atomic mass is 10.1. The minimum absolute atomic E-state index is 0.0270. The van der Waals surface area contributed by atoms with Gasteiger partial charge in [-0.3, -0.25) is 14.9 Å².